The van der Waals surface area contributed by atoms with Gasteiger partial charge in [0.05, 0.1) is 12.1 Å². The van der Waals surface area contributed by atoms with Gasteiger partial charge in [-0.15, -0.1) is 0 Å². The molecule has 3 aromatic rings. The van der Waals surface area contributed by atoms with Crippen molar-refractivity contribution in [3.05, 3.63) is 63.0 Å². The fourth-order valence-electron chi connectivity index (χ4n) is 2.71. The number of hydrogen-bond acceptors (Lipinski definition) is 6. The standard InChI is InChI=1S/C19H21N3O5/c1-2-3-12-22-17(23)10-9-14(20-22)18(24)26-13-6-11-21-15-7-4-5-8-16(15)27-19(21)25/h4-5,7-10H,2-3,6,11-13H2,1H3. The summed E-state index contributed by atoms with van der Waals surface area (Å²) in [5.41, 5.74) is 1.08. The molecule has 0 saturated heterocycles. The third-order valence-corrected chi connectivity index (χ3v) is 4.13. The molecule has 0 unspecified atom stereocenters. The predicted octanol–water partition coefficient (Wildman–Crippen LogP) is 2.20. The van der Waals surface area contributed by atoms with Crippen molar-refractivity contribution in [1.29, 1.82) is 0 Å². The van der Waals surface area contributed by atoms with Crippen molar-refractivity contribution in [3.63, 3.8) is 0 Å². The Morgan fingerprint density at radius 2 is 1.93 bits per heavy atom. The molecule has 0 bridgehead atoms. The molecular weight excluding hydrogens is 350 g/mol. The zero-order valence-electron chi connectivity index (χ0n) is 15.1. The van der Waals surface area contributed by atoms with Gasteiger partial charge in [-0.3, -0.25) is 9.36 Å². The Balaban J connectivity index is 1.57. The van der Waals surface area contributed by atoms with Gasteiger partial charge >= 0.3 is 11.7 Å². The van der Waals surface area contributed by atoms with Crippen molar-refractivity contribution in [2.75, 3.05) is 6.61 Å². The molecule has 0 aliphatic carbocycles. The van der Waals surface area contributed by atoms with Gasteiger partial charge in [0.2, 0.25) is 0 Å². The Bertz CT molecular complexity index is 1050. The van der Waals surface area contributed by atoms with Crippen molar-refractivity contribution in [3.8, 4) is 0 Å². The lowest BCUT2D eigenvalue weighted by Crippen LogP contribution is -2.25. The fraction of sp³-hybridized carbons (Fsp3) is 0.368. The molecule has 0 amide bonds. The molecule has 0 N–H and O–H groups in total. The summed E-state index contributed by atoms with van der Waals surface area (Å²) >= 11 is 0. The van der Waals surface area contributed by atoms with Crippen molar-refractivity contribution in [2.24, 2.45) is 0 Å². The number of nitrogens with zero attached hydrogens (tertiary/aromatic N) is 3. The first-order valence-electron chi connectivity index (χ1n) is 8.94. The summed E-state index contributed by atoms with van der Waals surface area (Å²) in [4.78, 5) is 35.8. The van der Waals surface area contributed by atoms with E-state index in [2.05, 4.69) is 5.10 Å². The number of benzene rings is 1. The van der Waals surface area contributed by atoms with E-state index in [0.29, 0.717) is 30.6 Å². The smallest absolute Gasteiger partial charge is 0.419 e. The first kappa shape index (κ1) is 18.6. The van der Waals surface area contributed by atoms with E-state index in [9.17, 15) is 14.4 Å². The summed E-state index contributed by atoms with van der Waals surface area (Å²) in [6, 6.07) is 9.83. The Kier molecular flexibility index (Phi) is 5.85. The van der Waals surface area contributed by atoms with Crippen LogP contribution in [-0.2, 0) is 17.8 Å². The summed E-state index contributed by atoms with van der Waals surface area (Å²) in [5, 5.41) is 4.05. The molecule has 1 aromatic carbocycles. The summed E-state index contributed by atoms with van der Waals surface area (Å²) in [5.74, 6) is -1.03. The monoisotopic (exact) mass is 371 g/mol. The number of esters is 1. The van der Waals surface area contributed by atoms with Crippen LogP contribution in [0.25, 0.3) is 11.1 Å². The molecule has 8 nitrogen and oxygen atoms in total. The molecular formula is C19H21N3O5. The van der Waals surface area contributed by atoms with Crippen LogP contribution in [0.5, 0.6) is 0 Å². The summed E-state index contributed by atoms with van der Waals surface area (Å²) in [7, 11) is 0. The Labute approximate surface area is 155 Å². The molecule has 0 aliphatic rings. The lowest BCUT2D eigenvalue weighted by Gasteiger charge is -2.07. The Morgan fingerprint density at radius 1 is 1.11 bits per heavy atom. The maximum atomic E-state index is 12.1. The number of carbonyl (C=O) groups is 1. The van der Waals surface area contributed by atoms with Crippen LogP contribution in [0, 0.1) is 0 Å². The number of oxazole rings is 1. The number of hydrogen-bond donors (Lipinski definition) is 0. The van der Waals surface area contributed by atoms with Crippen molar-refractivity contribution >= 4 is 17.1 Å². The molecule has 0 fully saturated rings. The third-order valence-electron chi connectivity index (χ3n) is 4.13. The average molecular weight is 371 g/mol. The lowest BCUT2D eigenvalue weighted by molar-refractivity contribution is 0.0485. The van der Waals surface area contributed by atoms with E-state index in [1.807, 2.05) is 13.0 Å². The van der Waals surface area contributed by atoms with Crippen molar-refractivity contribution in [2.45, 2.75) is 39.3 Å². The molecule has 0 aliphatic heterocycles. The van der Waals surface area contributed by atoms with Crippen LogP contribution >= 0.6 is 0 Å². The fourth-order valence-corrected chi connectivity index (χ4v) is 2.71. The zero-order chi connectivity index (χ0) is 19.2. The molecule has 0 atom stereocenters. The lowest BCUT2D eigenvalue weighted by atomic mass is 10.3. The Hall–Kier alpha value is -3.16. The van der Waals surface area contributed by atoms with Gasteiger partial charge in [0.1, 0.15) is 0 Å². The van der Waals surface area contributed by atoms with E-state index in [-0.39, 0.29) is 17.9 Å². The Morgan fingerprint density at radius 3 is 2.74 bits per heavy atom. The first-order valence-corrected chi connectivity index (χ1v) is 8.94. The van der Waals surface area contributed by atoms with Gasteiger partial charge in [0.15, 0.2) is 11.3 Å². The number of carbonyl (C=O) groups excluding carboxylic acids is 1. The highest BCUT2D eigenvalue weighted by Crippen LogP contribution is 2.12. The van der Waals surface area contributed by atoms with Crippen molar-refractivity contribution < 1.29 is 13.9 Å². The van der Waals surface area contributed by atoms with Crippen LogP contribution in [0.2, 0.25) is 0 Å². The topological polar surface area (TPSA) is 96.3 Å². The third kappa shape index (κ3) is 4.33. The summed E-state index contributed by atoms with van der Waals surface area (Å²) < 4.78 is 13.2. The van der Waals surface area contributed by atoms with Crippen LogP contribution in [0.4, 0.5) is 0 Å². The molecule has 2 heterocycles. The maximum Gasteiger partial charge on any atom is 0.419 e. The molecule has 0 spiro atoms. The van der Waals surface area contributed by atoms with E-state index >= 15 is 0 Å². The SMILES string of the molecule is CCCCn1nc(C(=O)OCCCn2c(=O)oc3ccccc32)ccc1=O. The highest BCUT2D eigenvalue weighted by atomic mass is 16.5. The van der Waals surface area contributed by atoms with Crippen LogP contribution in [0.15, 0.2) is 50.4 Å². The maximum absolute atomic E-state index is 12.1. The van der Waals surface area contributed by atoms with Gasteiger partial charge in [0, 0.05) is 19.2 Å². The predicted molar refractivity (Wildman–Crippen MR) is 98.8 cm³/mol. The number of aryl methyl sites for hydroxylation is 2. The zero-order valence-corrected chi connectivity index (χ0v) is 15.1. The van der Waals surface area contributed by atoms with Crippen LogP contribution in [0.3, 0.4) is 0 Å². The molecule has 0 radical (unpaired) electrons. The molecule has 142 valence electrons. The van der Waals surface area contributed by atoms with Gasteiger partial charge in [-0.1, -0.05) is 25.5 Å². The van der Waals surface area contributed by atoms with Crippen LogP contribution in [0.1, 0.15) is 36.7 Å². The van der Waals surface area contributed by atoms with E-state index < -0.39 is 11.7 Å². The first-order chi connectivity index (χ1) is 13.1. The average Bonchev–Trinajstić information content (AvgIpc) is 2.99. The quantitative estimate of drug-likeness (QED) is 0.445. The largest absolute Gasteiger partial charge is 0.461 e. The van der Waals surface area contributed by atoms with Gasteiger partial charge < -0.3 is 9.15 Å². The second-order valence-electron chi connectivity index (χ2n) is 6.11. The van der Waals surface area contributed by atoms with Gasteiger partial charge in [-0.05, 0) is 31.0 Å². The number of para-hydroxylation sites is 2. The van der Waals surface area contributed by atoms with Gasteiger partial charge in [-0.25, -0.2) is 14.3 Å². The van der Waals surface area contributed by atoms with E-state index in [1.165, 1.54) is 21.4 Å². The minimum Gasteiger partial charge on any atom is -0.461 e. The van der Waals surface area contributed by atoms with Crippen molar-refractivity contribution in [1.82, 2.24) is 14.3 Å². The normalized spacial score (nSPS) is 11.0. The highest BCUT2D eigenvalue weighted by Gasteiger charge is 2.12. The summed E-state index contributed by atoms with van der Waals surface area (Å²) in [6.45, 7) is 2.97. The number of rotatable bonds is 8. The highest BCUT2D eigenvalue weighted by molar-refractivity contribution is 5.86. The number of unbranched alkanes of at least 4 members (excludes halogenated alkanes) is 1. The van der Waals surface area contributed by atoms with E-state index in [4.69, 9.17) is 9.15 Å². The molecule has 3 rings (SSSR count). The molecule has 0 saturated carbocycles. The van der Waals surface area contributed by atoms with E-state index in [0.717, 1.165) is 12.8 Å². The van der Waals surface area contributed by atoms with Crippen LogP contribution in [-0.4, -0.2) is 26.9 Å². The minimum absolute atomic E-state index is 0.0941. The second kappa shape index (κ2) is 8.48. The summed E-state index contributed by atoms with van der Waals surface area (Å²) in [6.07, 6.45) is 2.17. The molecule has 2 aromatic heterocycles. The number of fused-ring (bicyclic) bond motifs is 1. The van der Waals surface area contributed by atoms with Gasteiger partial charge in [0.25, 0.3) is 5.56 Å². The molecule has 8 heteroatoms. The number of aromatic nitrogens is 3. The van der Waals surface area contributed by atoms with E-state index in [1.54, 1.807) is 18.2 Å². The minimum atomic E-state index is -0.593. The number of ether oxygens (including phenoxy) is 1. The second-order valence-corrected chi connectivity index (χ2v) is 6.11. The van der Waals surface area contributed by atoms with Gasteiger partial charge in [-0.2, -0.15) is 5.10 Å². The molecule has 27 heavy (non-hydrogen) atoms. The van der Waals surface area contributed by atoms with Crippen LogP contribution < -0.4 is 11.3 Å².